The summed E-state index contributed by atoms with van der Waals surface area (Å²) >= 11 is 0. The van der Waals surface area contributed by atoms with Crippen LogP contribution in [0, 0.1) is 17.7 Å². The molecule has 7 heteroatoms. The van der Waals surface area contributed by atoms with Crippen molar-refractivity contribution in [1.29, 1.82) is 0 Å². The highest BCUT2D eigenvalue weighted by Gasteiger charge is 2.28. The van der Waals surface area contributed by atoms with E-state index in [1.54, 1.807) is 13.8 Å². The highest BCUT2D eigenvalue weighted by molar-refractivity contribution is 5.97. The zero-order valence-electron chi connectivity index (χ0n) is 18.9. The van der Waals surface area contributed by atoms with E-state index >= 15 is 0 Å². The maximum Gasteiger partial charge on any atom is 0.329 e. The molecule has 0 bridgehead atoms. The van der Waals surface area contributed by atoms with Crippen LogP contribution < -0.4 is 10.6 Å². The number of amides is 2. The molecule has 2 N–H and O–H groups in total. The van der Waals surface area contributed by atoms with E-state index < -0.39 is 36.2 Å². The summed E-state index contributed by atoms with van der Waals surface area (Å²) in [6.07, 6.45) is 0.733. The molecule has 6 nitrogen and oxygen atoms in total. The van der Waals surface area contributed by atoms with E-state index in [-0.39, 0.29) is 17.5 Å². The van der Waals surface area contributed by atoms with Crippen LogP contribution >= 0.6 is 0 Å². The number of nitrogens with one attached hydrogen (secondary N) is 2. The first-order valence-corrected chi connectivity index (χ1v) is 10.7. The van der Waals surface area contributed by atoms with Gasteiger partial charge in [-0.05, 0) is 36.0 Å². The third kappa shape index (κ3) is 7.48. The molecule has 0 saturated carbocycles. The minimum Gasteiger partial charge on any atom is -0.454 e. The van der Waals surface area contributed by atoms with Crippen LogP contribution in [0.25, 0.3) is 0 Å². The van der Waals surface area contributed by atoms with E-state index in [0.717, 1.165) is 12.0 Å². The van der Waals surface area contributed by atoms with E-state index in [1.165, 1.54) is 24.3 Å². The van der Waals surface area contributed by atoms with Gasteiger partial charge in [-0.2, -0.15) is 0 Å². The van der Waals surface area contributed by atoms with Crippen molar-refractivity contribution in [2.45, 2.75) is 46.2 Å². The largest absolute Gasteiger partial charge is 0.454 e. The summed E-state index contributed by atoms with van der Waals surface area (Å²) in [7, 11) is 0. The average molecular weight is 443 g/mol. The number of halogens is 1. The molecule has 2 rings (SSSR count). The zero-order chi connectivity index (χ0) is 23.7. The fourth-order valence-corrected chi connectivity index (χ4v) is 3.26. The van der Waals surface area contributed by atoms with Crippen LogP contribution in [0.1, 0.15) is 56.1 Å². The smallest absolute Gasteiger partial charge is 0.329 e. The molecule has 0 heterocycles. The number of carbonyl (C=O) groups is 3. The Morgan fingerprint density at radius 2 is 1.53 bits per heavy atom. The van der Waals surface area contributed by atoms with Crippen LogP contribution in [0.3, 0.4) is 0 Å². The molecule has 0 spiro atoms. The standard InChI is InChI=1S/C25H31FN2O4/c1-16(2)14-21(18-10-6-5-7-11-18)27-22(29)15-32-25(31)23(17(3)4)28-24(30)19-12-8-9-13-20(19)26/h5-13,16-17,21,23H,14-15H2,1-4H3,(H,27,29)(H,28,30). The lowest BCUT2D eigenvalue weighted by molar-refractivity contribution is -0.151. The molecule has 2 aromatic carbocycles. The molecule has 172 valence electrons. The van der Waals surface area contributed by atoms with Crippen molar-refractivity contribution in [3.63, 3.8) is 0 Å². The fourth-order valence-electron chi connectivity index (χ4n) is 3.26. The molecule has 0 aliphatic carbocycles. The van der Waals surface area contributed by atoms with E-state index in [0.29, 0.717) is 5.92 Å². The second-order valence-corrected chi connectivity index (χ2v) is 8.44. The highest BCUT2D eigenvalue weighted by atomic mass is 19.1. The molecular formula is C25H31FN2O4. The second kappa shape index (κ2) is 12.0. The first kappa shape index (κ1) is 25.0. The van der Waals surface area contributed by atoms with Crippen LogP contribution in [0.4, 0.5) is 4.39 Å². The maximum absolute atomic E-state index is 13.9. The third-order valence-electron chi connectivity index (χ3n) is 4.92. The molecule has 0 radical (unpaired) electrons. The molecule has 32 heavy (non-hydrogen) atoms. The van der Waals surface area contributed by atoms with Crippen LogP contribution in [0.15, 0.2) is 54.6 Å². The maximum atomic E-state index is 13.9. The third-order valence-corrected chi connectivity index (χ3v) is 4.92. The number of rotatable bonds is 10. The summed E-state index contributed by atoms with van der Waals surface area (Å²) in [4.78, 5) is 37.4. The molecule has 0 aliphatic rings. The molecule has 2 unspecified atom stereocenters. The van der Waals surface area contributed by atoms with Gasteiger partial charge < -0.3 is 15.4 Å². The lowest BCUT2D eigenvalue weighted by Crippen LogP contribution is -2.46. The van der Waals surface area contributed by atoms with Gasteiger partial charge in [0, 0.05) is 0 Å². The van der Waals surface area contributed by atoms with Crippen molar-refractivity contribution >= 4 is 17.8 Å². The SMILES string of the molecule is CC(C)CC(NC(=O)COC(=O)C(NC(=O)c1ccccc1F)C(C)C)c1ccccc1. The van der Waals surface area contributed by atoms with Crippen molar-refractivity contribution in [3.05, 3.63) is 71.5 Å². The lowest BCUT2D eigenvalue weighted by Gasteiger charge is -2.23. The first-order chi connectivity index (χ1) is 15.2. The van der Waals surface area contributed by atoms with Gasteiger partial charge in [-0.15, -0.1) is 0 Å². The molecule has 0 aromatic heterocycles. The van der Waals surface area contributed by atoms with Crippen molar-refractivity contribution < 1.29 is 23.5 Å². The Hall–Kier alpha value is -3.22. The Morgan fingerprint density at radius 1 is 0.906 bits per heavy atom. The molecule has 2 aromatic rings. The average Bonchev–Trinajstić information content (AvgIpc) is 2.75. The molecule has 2 atom stereocenters. The van der Waals surface area contributed by atoms with Gasteiger partial charge in [-0.25, -0.2) is 9.18 Å². The van der Waals surface area contributed by atoms with Crippen molar-refractivity contribution in [2.24, 2.45) is 11.8 Å². The van der Waals surface area contributed by atoms with Crippen molar-refractivity contribution in [3.8, 4) is 0 Å². The van der Waals surface area contributed by atoms with Gasteiger partial charge in [-0.3, -0.25) is 9.59 Å². The fraction of sp³-hybridized carbons (Fsp3) is 0.400. The number of ether oxygens (including phenoxy) is 1. The van der Waals surface area contributed by atoms with Crippen LogP contribution in [0.5, 0.6) is 0 Å². The van der Waals surface area contributed by atoms with Crippen molar-refractivity contribution in [1.82, 2.24) is 10.6 Å². The summed E-state index contributed by atoms with van der Waals surface area (Å²) in [5.74, 6) is -2.56. The predicted molar refractivity (Wildman–Crippen MR) is 120 cm³/mol. The van der Waals surface area contributed by atoms with Crippen LogP contribution in [-0.4, -0.2) is 30.4 Å². The Balaban J connectivity index is 1.97. The highest BCUT2D eigenvalue weighted by Crippen LogP contribution is 2.21. The molecular weight excluding hydrogens is 411 g/mol. The molecule has 0 aliphatic heterocycles. The summed E-state index contributed by atoms with van der Waals surface area (Å²) in [5, 5.41) is 5.41. The Bertz CT molecular complexity index is 915. The first-order valence-electron chi connectivity index (χ1n) is 10.7. The number of benzene rings is 2. The van der Waals surface area contributed by atoms with Gasteiger partial charge in [-0.1, -0.05) is 70.2 Å². The monoisotopic (exact) mass is 442 g/mol. The van der Waals surface area contributed by atoms with Gasteiger partial charge >= 0.3 is 5.97 Å². The molecule has 0 saturated heterocycles. The van der Waals surface area contributed by atoms with E-state index in [4.69, 9.17) is 4.74 Å². The lowest BCUT2D eigenvalue weighted by atomic mass is 9.97. The van der Waals surface area contributed by atoms with Crippen LogP contribution in [0.2, 0.25) is 0 Å². The minimum atomic E-state index is -1.02. The summed E-state index contributed by atoms with van der Waals surface area (Å²) in [6.45, 7) is 7.10. The van der Waals surface area contributed by atoms with Crippen molar-refractivity contribution in [2.75, 3.05) is 6.61 Å². The zero-order valence-corrected chi connectivity index (χ0v) is 18.9. The Kier molecular flexibility index (Phi) is 9.38. The van der Waals surface area contributed by atoms with Gasteiger partial charge in [0.1, 0.15) is 11.9 Å². The van der Waals surface area contributed by atoms with E-state index in [9.17, 15) is 18.8 Å². The number of esters is 1. The minimum absolute atomic E-state index is 0.164. The van der Waals surface area contributed by atoms with Gasteiger partial charge in [0.05, 0.1) is 11.6 Å². The quantitative estimate of drug-likeness (QED) is 0.544. The van der Waals surface area contributed by atoms with E-state index in [2.05, 4.69) is 24.5 Å². The number of hydrogen-bond acceptors (Lipinski definition) is 4. The summed E-state index contributed by atoms with van der Waals surface area (Å²) < 4.78 is 19.0. The summed E-state index contributed by atoms with van der Waals surface area (Å²) in [5.41, 5.74) is 0.807. The summed E-state index contributed by atoms with van der Waals surface area (Å²) in [6, 6.07) is 13.9. The van der Waals surface area contributed by atoms with Crippen LogP contribution in [-0.2, 0) is 14.3 Å². The topological polar surface area (TPSA) is 84.5 Å². The normalized spacial score (nSPS) is 12.8. The van der Waals surface area contributed by atoms with Gasteiger partial charge in [0.15, 0.2) is 6.61 Å². The van der Waals surface area contributed by atoms with Gasteiger partial charge in [0.2, 0.25) is 0 Å². The van der Waals surface area contributed by atoms with Gasteiger partial charge in [0.25, 0.3) is 11.8 Å². The molecule has 0 fully saturated rings. The van der Waals surface area contributed by atoms with E-state index in [1.807, 2.05) is 30.3 Å². The Morgan fingerprint density at radius 3 is 2.12 bits per heavy atom. The Labute approximate surface area is 188 Å². The number of carbonyl (C=O) groups excluding carboxylic acids is 3. The predicted octanol–water partition coefficient (Wildman–Crippen LogP) is 4.03. The number of hydrogen-bond donors (Lipinski definition) is 2. The second-order valence-electron chi connectivity index (χ2n) is 8.44. The molecule has 2 amide bonds.